The van der Waals surface area contributed by atoms with Crippen LogP contribution in [-0.4, -0.2) is 39.3 Å². The molecule has 4 heteroatoms. The number of rotatable bonds is 16. The lowest BCUT2D eigenvalue weighted by molar-refractivity contribution is -0.167. The molecule has 120 valence electrons. The highest BCUT2D eigenvalue weighted by Gasteiger charge is 2.08. The number of hydrogen-bond donors (Lipinski definition) is 0. The topological polar surface area (TPSA) is 36.9 Å². The Balaban J connectivity index is 3.29. The molecule has 0 aromatic rings. The average molecular weight is 288 g/mol. The summed E-state index contributed by atoms with van der Waals surface area (Å²) in [5.74, 6) is 0. The summed E-state index contributed by atoms with van der Waals surface area (Å²) in [7, 11) is 0. The molecule has 20 heavy (non-hydrogen) atoms. The maximum atomic E-state index is 5.53. The second-order valence-electron chi connectivity index (χ2n) is 4.64. The lowest BCUT2D eigenvalue weighted by atomic mass is 10.1. The molecular formula is C16H32O4. The van der Waals surface area contributed by atoms with Gasteiger partial charge in [0.05, 0.1) is 19.5 Å². The van der Waals surface area contributed by atoms with Crippen LogP contribution in [0.4, 0.5) is 0 Å². The summed E-state index contributed by atoms with van der Waals surface area (Å²) in [6.45, 7) is 10.6. The minimum absolute atomic E-state index is 0.337. The second-order valence-corrected chi connectivity index (χ2v) is 4.64. The molecule has 4 nitrogen and oxygen atoms in total. The highest BCUT2D eigenvalue weighted by Crippen LogP contribution is 2.05. The van der Waals surface area contributed by atoms with Crippen molar-refractivity contribution in [3.63, 3.8) is 0 Å². The summed E-state index contributed by atoms with van der Waals surface area (Å²) < 4.78 is 21.5. The van der Waals surface area contributed by atoms with E-state index in [0.717, 1.165) is 13.0 Å². The van der Waals surface area contributed by atoms with Crippen molar-refractivity contribution >= 4 is 0 Å². The SMILES string of the molecule is C=COCC(OCC)OCCOCCCCCCCC. The van der Waals surface area contributed by atoms with Crippen molar-refractivity contribution in [3.05, 3.63) is 12.8 Å². The van der Waals surface area contributed by atoms with Crippen molar-refractivity contribution in [1.29, 1.82) is 0 Å². The lowest BCUT2D eigenvalue weighted by Crippen LogP contribution is -2.24. The molecule has 0 spiro atoms. The van der Waals surface area contributed by atoms with Gasteiger partial charge in [0, 0.05) is 13.2 Å². The van der Waals surface area contributed by atoms with Crippen LogP contribution in [0.15, 0.2) is 12.8 Å². The molecule has 0 N–H and O–H groups in total. The first kappa shape index (κ1) is 19.4. The first-order valence-electron chi connectivity index (χ1n) is 7.88. The zero-order valence-corrected chi connectivity index (χ0v) is 13.3. The Bertz CT molecular complexity index is 197. The third-order valence-electron chi connectivity index (χ3n) is 2.88. The minimum atomic E-state index is -0.337. The normalized spacial score (nSPS) is 12.3. The number of unbranched alkanes of at least 4 members (excludes halogenated alkanes) is 5. The van der Waals surface area contributed by atoms with Gasteiger partial charge < -0.3 is 18.9 Å². The highest BCUT2D eigenvalue weighted by atomic mass is 16.7. The van der Waals surface area contributed by atoms with E-state index in [1.165, 1.54) is 38.4 Å². The molecule has 0 saturated heterocycles. The van der Waals surface area contributed by atoms with Gasteiger partial charge in [0.25, 0.3) is 0 Å². The summed E-state index contributed by atoms with van der Waals surface area (Å²) in [4.78, 5) is 0. The van der Waals surface area contributed by atoms with Crippen LogP contribution in [-0.2, 0) is 18.9 Å². The Morgan fingerprint density at radius 2 is 1.65 bits per heavy atom. The van der Waals surface area contributed by atoms with E-state index in [2.05, 4.69) is 13.5 Å². The fourth-order valence-corrected chi connectivity index (χ4v) is 1.80. The molecule has 0 amide bonds. The minimum Gasteiger partial charge on any atom is -0.497 e. The Hall–Kier alpha value is -0.580. The molecule has 0 aliphatic rings. The molecule has 1 unspecified atom stereocenters. The van der Waals surface area contributed by atoms with Crippen molar-refractivity contribution < 1.29 is 18.9 Å². The van der Waals surface area contributed by atoms with E-state index in [1.54, 1.807) is 0 Å². The Kier molecular flexibility index (Phi) is 16.0. The van der Waals surface area contributed by atoms with E-state index >= 15 is 0 Å². The Labute approximate surface area is 124 Å². The van der Waals surface area contributed by atoms with Crippen molar-refractivity contribution in [2.75, 3.05) is 33.0 Å². The maximum absolute atomic E-state index is 5.53. The molecule has 0 aliphatic heterocycles. The molecule has 1 atom stereocenters. The van der Waals surface area contributed by atoms with Gasteiger partial charge in [-0.2, -0.15) is 0 Å². The zero-order chi connectivity index (χ0) is 14.9. The molecule has 0 radical (unpaired) electrons. The quantitative estimate of drug-likeness (QED) is 0.245. The molecule has 0 aliphatic carbocycles. The Morgan fingerprint density at radius 1 is 0.900 bits per heavy atom. The maximum Gasteiger partial charge on any atom is 0.191 e. The van der Waals surface area contributed by atoms with Gasteiger partial charge in [0.1, 0.15) is 6.61 Å². The number of ether oxygens (including phenoxy) is 4. The monoisotopic (exact) mass is 288 g/mol. The average Bonchev–Trinajstić information content (AvgIpc) is 2.46. The fraction of sp³-hybridized carbons (Fsp3) is 0.875. The van der Waals surface area contributed by atoms with Gasteiger partial charge in [0.2, 0.25) is 0 Å². The van der Waals surface area contributed by atoms with E-state index in [9.17, 15) is 0 Å². The van der Waals surface area contributed by atoms with E-state index in [4.69, 9.17) is 18.9 Å². The largest absolute Gasteiger partial charge is 0.497 e. The predicted octanol–water partition coefficient (Wildman–Crippen LogP) is 3.90. The van der Waals surface area contributed by atoms with E-state index < -0.39 is 0 Å². The van der Waals surface area contributed by atoms with Crippen LogP contribution in [0.2, 0.25) is 0 Å². The van der Waals surface area contributed by atoms with Gasteiger partial charge in [-0.1, -0.05) is 45.6 Å². The summed E-state index contributed by atoms with van der Waals surface area (Å²) >= 11 is 0. The molecule has 0 rings (SSSR count). The van der Waals surface area contributed by atoms with Gasteiger partial charge in [-0.3, -0.25) is 0 Å². The fourth-order valence-electron chi connectivity index (χ4n) is 1.80. The molecule has 0 aromatic heterocycles. The molecule has 0 heterocycles. The third-order valence-corrected chi connectivity index (χ3v) is 2.88. The van der Waals surface area contributed by atoms with Crippen LogP contribution in [0, 0.1) is 0 Å². The van der Waals surface area contributed by atoms with Gasteiger partial charge >= 0.3 is 0 Å². The van der Waals surface area contributed by atoms with Crippen molar-refractivity contribution in [3.8, 4) is 0 Å². The van der Waals surface area contributed by atoms with E-state index in [0.29, 0.717) is 26.4 Å². The van der Waals surface area contributed by atoms with Crippen LogP contribution < -0.4 is 0 Å². The first-order chi connectivity index (χ1) is 9.85. The van der Waals surface area contributed by atoms with Crippen LogP contribution in [0.3, 0.4) is 0 Å². The molecule has 0 aromatic carbocycles. The molecule has 0 saturated carbocycles. The van der Waals surface area contributed by atoms with Gasteiger partial charge in [-0.25, -0.2) is 0 Å². The van der Waals surface area contributed by atoms with E-state index in [-0.39, 0.29) is 6.29 Å². The number of hydrogen-bond acceptors (Lipinski definition) is 4. The predicted molar refractivity (Wildman–Crippen MR) is 81.7 cm³/mol. The highest BCUT2D eigenvalue weighted by molar-refractivity contribution is 4.51. The van der Waals surface area contributed by atoms with Crippen LogP contribution >= 0.6 is 0 Å². The molecule has 0 bridgehead atoms. The summed E-state index contributed by atoms with van der Waals surface area (Å²) in [6, 6.07) is 0. The van der Waals surface area contributed by atoms with Crippen molar-refractivity contribution in [1.82, 2.24) is 0 Å². The molecular weight excluding hydrogens is 256 g/mol. The summed E-state index contributed by atoms with van der Waals surface area (Å²) in [6.07, 6.45) is 8.76. The van der Waals surface area contributed by atoms with Crippen molar-refractivity contribution in [2.24, 2.45) is 0 Å². The van der Waals surface area contributed by atoms with Gasteiger partial charge in [0.15, 0.2) is 6.29 Å². The second kappa shape index (κ2) is 16.5. The van der Waals surface area contributed by atoms with Crippen LogP contribution in [0.1, 0.15) is 52.4 Å². The zero-order valence-electron chi connectivity index (χ0n) is 13.3. The molecule has 0 fully saturated rings. The first-order valence-corrected chi connectivity index (χ1v) is 7.88. The van der Waals surface area contributed by atoms with Crippen molar-refractivity contribution in [2.45, 2.75) is 58.7 Å². The smallest absolute Gasteiger partial charge is 0.191 e. The van der Waals surface area contributed by atoms with E-state index in [1.807, 2.05) is 6.92 Å². The third kappa shape index (κ3) is 13.8. The summed E-state index contributed by atoms with van der Waals surface area (Å²) in [5, 5.41) is 0. The standard InChI is InChI=1S/C16H32O4/c1-4-7-8-9-10-11-12-18-13-14-20-16(19-6-3)15-17-5-2/h5,16H,2,4,6-15H2,1,3H3. The van der Waals surface area contributed by atoms with Crippen LogP contribution in [0.5, 0.6) is 0 Å². The van der Waals surface area contributed by atoms with Crippen LogP contribution in [0.25, 0.3) is 0 Å². The summed E-state index contributed by atoms with van der Waals surface area (Å²) in [5.41, 5.74) is 0. The lowest BCUT2D eigenvalue weighted by Gasteiger charge is -2.17. The Morgan fingerprint density at radius 3 is 2.35 bits per heavy atom. The van der Waals surface area contributed by atoms with Gasteiger partial charge in [-0.15, -0.1) is 0 Å². The van der Waals surface area contributed by atoms with Gasteiger partial charge in [-0.05, 0) is 13.3 Å².